The number of nitrogens with one attached hydrogen (secondary N) is 1. The molecule has 2 aromatic carbocycles. The Hall–Kier alpha value is -3.04. The number of amides is 1. The number of methoxy groups -OCH3 is 2. The Morgan fingerprint density at radius 1 is 0.939 bits per heavy atom. The van der Waals surface area contributed by atoms with Crippen LogP contribution in [0.4, 0.5) is 11.4 Å². The third kappa shape index (κ3) is 6.72. The van der Waals surface area contributed by atoms with Gasteiger partial charge in [0.15, 0.2) is 28.8 Å². The first-order chi connectivity index (χ1) is 15.7. The van der Waals surface area contributed by atoms with Crippen LogP contribution in [0.3, 0.4) is 0 Å². The smallest absolute Gasteiger partial charge is 0.258 e. The van der Waals surface area contributed by atoms with Crippen LogP contribution in [-0.2, 0) is 9.59 Å². The minimum Gasteiger partial charge on any atom is -0.493 e. The summed E-state index contributed by atoms with van der Waals surface area (Å²) < 4.78 is 21.5. The first-order valence-corrected chi connectivity index (χ1v) is 10.7. The van der Waals surface area contributed by atoms with Crippen molar-refractivity contribution in [2.45, 2.75) is 26.8 Å². The van der Waals surface area contributed by atoms with Crippen molar-refractivity contribution in [1.29, 1.82) is 0 Å². The molecule has 33 heavy (non-hydrogen) atoms. The number of ketones is 1. The molecule has 9 nitrogen and oxygen atoms in total. The number of Topliss-reactive ketones (excluding diaryl/α,β-unsaturated/α-hetero) is 1. The van der Waals surface area contributed by atoms with Gasteiger partial charge in [0, 0.05) is 18.2 Å². The lowest BCUT2D eigenvalue weighted by atomic mass is 10.2. The average Bonchev–Trinajstić information content (AvgIpc) is 2.77. The van der Waals surface area contributed by atoms with E-state index in [-0.39, 0.29) is 21.4 Å². The molecule has 11 heteroatoms. The summed E-state index contributed by atoms with van der Waals surface area (Å²) in [6.07, 6.45) is 0. The highest BCUT2D eigenvalue weighted by atomic mass is 35.5. The number of rotatable bonds is 11. The topological polar surface area (TPSA) is 108 Å². The van der Waals surface area contributed by atoms with Crippen molar-refractivity contribution >= 4 is 46.3 Å². The molecule has 1 amide bonds. The second-order valence-electron chi connectivity index (χ2n) is 6.53. The van der Waals surface area contributed by atoms with Crippen molar-refractivity contribution < 1.29 is 28.5 Å². The Morgan fingerprint density at radius 2 is 1.58 bits per heavy atom. The molecule has 0 aliphatic carbocycles. The maximum Gasteiger partial charge on any atom is 0.258 e. The predicted octanol–water partition coefficient (Wildman–Crippen LogP) is 5.49. The zero-order valence-corrected chi connectivity index (χ0v) is 20.4. The molecular formula is C22H25Cl2N3O6. The molecule has 0 aliphatic rings. The largest absolute Gasteiger partial charge is 0.493 e. The number of azo groups is 1. The lowest BCUT2D eigenvalue weighted by molar-refractivity contribution is -0.126. The maximum atomic E-state index is 12.8. The van der Waals surface area contributed by atoms with E-state index in [4.69, 9.17) is 42.1 Å². The summed E-state index contributed by atoms with van der Waals surface area (Å²) in [6.45, 7) is 5.64. The van der Waals surface area contributed by atoms with E-state index in [1.807, 2.05) is 13.8 Å². The molecule has 0 aromatic heterocycles. The van der Waals surface area contributed by atoms with E-state index in [1.54, 1.807) is 6.07 Å². The van der Waals surface area contributed by atoms with Crippen molar-refractivity contribution in [1.82, 2.24) is 0 Å². The van der Waals surface area contributed by atoms with E-state index in [0.717, 1.165) is 0 Å². The van der Waals surface area contributed by atoms with Gasteiger partial charge in [0.2, 0.25) is 6.04 Å². The van der Waals surface area contributed by atoms with E-state index in [9.17, 15) is 9.59 Å². The Morgan fingerprint density at radius 3 is 2.15 bits per heavy atom. The molecule has 0 saturated heterocycles. The number of ether oxygens (including phenoxy) is 4. The van der Waals surface area contributed by atoms with Gasteiger partial charge in [-0.15, -0.1) is 0 Å². The quantitative estimate of drug-likeness (QED) is 0.324. The highest BCUT2D eigenvalue weighted by Gasteiger charge is 2.25. The number of halogens is 2. The number of hydrogen-bond donors (Lipinski definition) is 1. The second kappa shape index (κ2) is 12.3. The standard InChI is InChI=1S/C22H25Cl2N3O6/c1-6-32-19-9-13(8-15(24)21(19)33-7-2)26-27-20(12(3)28)22(29)25-16-11-18(31-5)17(30-4)10-14(16)23/h8-11,20H,6-7H2,1-5H3,(H,25,29). The zero-order valence-electron chi connectivity index (χ0n) is 18.9. The summed E-state index contributed by atoms with van der Waals surface area (Å²) in [5.74, 6) is 0.259. The molecule has 0 radical (unpaired) electrons. The molecule has 0 saturated carbocycles. The number of carbonyl (C=O) groups is 2. The van der Waals surface area contributed by atoms with Crippen molar-refractivity contribution in [2.24, 2.45) is 10.2 Å². The molecule has 2 aromatic rings. The lowest BCUT2D eigenvalue weighted by Crippen LogP contribution is -2.31. The molecule has 0 aliphatic heterocycles. The van der Waals surface area contributed by atoms with Gasteiger partial charge in [-0.1, -0.05) is 23.2 Å². The van der Waals surface area contributed by atoms with E-state index in [0.29, 0.717) is 36.2 Å². The highest BCUT2D eigenvalue weighted by molar-refractivity contribution is 6.34. The molecule has 0 spiro atoms. The van der Waals surface area contributed by atoms with E-state index in [2.05, 4.69) is 15.5 Å². The first kappa shape index (κ1) is 26.2. The number of benzene rings is 2. The molecular weight excluding hydrogens is 473 g/mol. The van der Waals surface area contributed by atoms with E-state index in [1.165, 1.54) is 39.3 Å². The van der Waals surface area contributed by atoms with Crippen LogP contribution in [0, 0.1) is 0 Å². The Labute approximate surface area is 202 Å². The van der Waals surface area contributed by atoms with Crippen LogP contribution in [0.2, 0.25) is 10.0 Å². The van der Waals surface area contributed by atoms with Crippen LogP contribution in [0.1, 0.15) is 20.8 Å². The monoisotopic (exact) mass is 497 g/mol. The number of nitrogens with zero attached hydrogens (tertiary/aromatic N) is 2. The molecule has 178 valence electrons. The molecule has 1 N–H and O–H groups in total. The van der Waals surface area contributed by atoms with Crippen LogP contribution in [-0.4, -0.2) is 45.2 Å². The van der Waals surface area contributed by atoms with Crippen molar-refractivity contribution in [3.63, 3.8) is 0 Å². The van der Waals surface area contributed by atoms with Crippen LogP contribution in [0.5, 0.6) is 23.0 Å². The van der Waals surface area contributed by atoms with Crippen LogP contribution < -0.4 is 24.3 Å². The fourth-order valence-electron chi connectivity index (χ4n) is 2.75. The van der Waals surface area contributed by atoms with Gasteiger partial charge >= 0.3 is 0 Å². The second-order valence-corrected chi connectivity index (χ2v) is 7.34. The lowest BCUT2D eigenvalue weighted by Gasteiger charge is -2.14. The Balaban J connectivity index is 2.31. The molecule has 1 atom stereocenters. The van der Waals surface area contributed by atoms with E-state index < -0.39 is 17.7 Å². The normalized spacial score (nSPS) is 11.7. The third-order valence-corrected chi connectivity index (χ3v) is 4.83. The summed E-state index contributed by atoms with van der Waals surface area (Å²) in [4.78, 5) is 24.9. The SMILES string of the molecule is CCOc1cc(N=NC(C(C)=O)C(=O)Nc2cc(OC)c(OC)cc2Cl)cc(Cl)c1OCC. The minimum atomic E-state index is -1.42. The van der Waals surface area contributed by atoms with Crippen molar-refractivity contribution in [3.8, 4) is 23.0 Å². The van der Waals surface area contributed by atoms with Crippen LogP contribution in [0.15, 0.2) is 34.5 Å². The fourth-order valence-corrected chi connectivity index (χ4v) is 3.21. The van der Waals surface area contributed by atoms with Crippen molar-refractivity contribution in [2.75, 3.05) is 32.8 Å². The fraction of sp³-hybridized carbons (Fsp3) is 0.364. The molecule has 2 rings (SSSR count). The van der Waals surface area contributed by atoms with Crippen LogP contribution >= 0.6 is 23.2 Å². The number of hydrogen-bond acceptors (Lipinski definition) is 8. The summed E-state index contributed by atoms with van der Waals surface area (Å²) >= 11 is 12.5. The predicted molar refractivity (Wildman–Crippen MR) is 126 cm³/mol. The molecule has 0 fully saturated rings. The summed E-state index contributed by atoms with van der Waals surface area (Å²) in [5, 5.41) is 11.0. The van der Waals surface area contributed by atoms with Gasteiger partial charge in [-0.2, -0.15) is 10.2 Å². The zero-order chi connectivity index (χ0) is 24.5. The summed E-state index contributed by atoms with van der Waals surface area (Å²) in [6, 6.07) is 4.60. The summed E-state index contributed by atoms with van der Waals surface area (Å²) in [5.41, 5.74) is 0.513. The van der Waals surface area contributed by atoms with Gasteiger partial charge in [-0.25, -0.2) is 0 Å². The van der Waals surface area contributed by atoms with Gasteiger partial charge in [-0.3, -0.25) is 9.59 Å². The molecule has 1 unspecified atom stereocenters. The Kier molecular flexibility index (Phi) is 9.74. The average molecular weight is 498 g/mol. The van der Waals surface area contributed by atoms with Gasteiger partial charge in [-0.05, 0) is 26.8 Å². The first-order valence-electron chi connectivity index (χ1n) is 9.98. The summed E-state index contributed by atoms with van der Waals surface area (Å²) in [7, 11) is 2.91. The Bertz CT molecular complexity index is 1050. The maximum absolute atomic E-state index is 12.8. The van der Waals surface area contributed by atoms with Crippen LogP contribution in [0.25, 0.3) is 0 Å². The third-order valence-electron chi connectivity index (χ3n) is 4.24. The van der Waals surface area contributed by atoms with Gasteiger partial charge in [0.25, 0.3) is 5.91 Å². The molecule has 0 heterocycles. The molecule has 0 bridgehead atoms. The van der Waals surface area contributed by atoms with Crippen molar-refractivity contribution in [3.05, 3.63) is 34.3 Å². The highest BCUT2D eigenvalue weighted by Crippen LogP contribution is 2.40. The van der Waals surface area contributed by atoms with Gasteiger partial charge in [0.05, 0.1) is 48.9 Å². The number of carbonyl (C=O) groups excluding carboxylic acids is 2. The van der Waals surface area contributed by atoms with E-state index >= 15 is 0 Å². The van der Waals surface area contributed by atoms with Gasteiger partial charge in [0.1, 0.15) is 0 Å². The number of anilines is 1. The minimum absolute atomic E-state index is 0.194. The van der Waals surface area contributed by atoms with Gasteiger partial charge < -0.3 is 24.3 Å².